The minimum atomic E-state index is -0.433. The Bertz CT molecular complexity index is 813. The molecule has 0 unspecified atom stereocenters. The van der Waals surface area contributed by atoms with E-state index in [1.807, 2.05) is 13.2 Å². The summed E-state index contributed by atoms with van der Waals surface area (Å²) in [6.07, 6.45) is 5.07. The summed E-state index contributed by atoms with van der Waals surface area (Å²) in [4.78, 5) is 18.7. The number of fused-ring (bicyclic) bond motifs is 1. The quantitative estimate of drug-likeness (QED) is 0.580. The second-order valence-electron chi connectivity index (χ2n) is 4.56. The van der Waals surface area contributed by atoms with E-state index in [1.54, 1.807) is 16.9 Å². The SMILES string of the molecule is Cn1cc(CNc2ncnc3ccc([N+](=O)[O-])cc23)cn1. The summed E-state index contributed by atoms with van der Waals surface area (Å²) in [7, 11) is 1.84. The molecule has 0 saturated carbocycles. The lowest BCUT2D eigenvalue weighted by molar-refractivity contribution is -0.384. The van der Waals surface area contributed by atoms with Crippen molar-refractivity contribution in [2.24, 2.45) is 7.05 Å². The van der Waals surface area contributed by atoms with Crippen molar-refractivity contribution >= 4 is 22.4 Å². The smallest absolute Gasteiger partial charge is 0.270 e. The number of non-ortho nitro benzene ring substituents is 1. The number of benzene rings is 1. The van der Waals surface area contributed by atoms with Crippen LogP contribution in [0.4, 0.5) is 11.5 Å². The maximum absolute atomic E-state index is 10.9. The van der Waals surface area contributed by atoms with Gasteiger partial charge in [0.1, 0.15) is 12.1 Å². The van der Waals surface area contributed by atoms with E-state index in [0.717, 1.165) is 5.56 Å². The van der Waals surface area contributed by atoms with Gasteiger partial charge in [-0.2, -0.15) is 5.10 Å². The third-order valence-electron chi connectivity index (χ3n) is 3.05. The largest absolute Gasteiger partial charge is 0.365 e. The minimum Gasteiger partial charge on any atom is -0.365 e. The summed E-state index contributed by atoms with van der Waals surface area (Å²) in [5, 5.41) is 18.7. The predicted molar refractivity (Wildman–Crippen MR) is 76.7 cm³/mol. The predicted octanol–water partition coefficient (Wildman–Crippen LogP) is 1.88. The van der Waals surface area contributed by atoms with Gasteiger partial charge in [-0.25, -0.2) is 9.97 Å². The summed E-state index contributed by atoms with van der Waals surface area (Å²) in [6, 6.07) is 4.52. The van der Waals surface area contributed by atoms with E-state index in [1.165, 1.54) is 18.5 Å². The monoisotopic (exact) mass is 284 g/mol. The number of hydrogen-bond acceptors (Lipinski definition) is 6. The lowest BCUT2D eigenvalue weighted by atomic mass is 10.2. The molecule has 106 valence electrons. The molecule has 3 rings (SSSR count). The normalized spacial score (nSPS) is 10.7. The molecule has 8 nitrogen and oxygen atoms in total. The van der Waals surface area contributed by atoms with Crippen molar-refractivity contribution in [2.75, 3.05) is 5.32 Å². The summed E-state index contributed by atoms with van der Waals surface area (Å²) in [6.45, 7) is 0.530. The van der Waals surface area contributed by atoms with Crippen molar-refractivity contribution < 1.29 is 4.92 Å². The van der Waals surface area contributed by atoms with Crippen LogP contribution >= 0.6 is 0 Å². The highest BCUT2D eigenvalue weighted by molar-refractivity contribution is 5.90. The highest BCUT2D eigenvalue weighted by Gasteiger charge is 2.10. The molecular formula is C13H12N6O2. The van der Waals surface area contributed by atoms with Crippen LogP contribution in [-0.2, 0) is 13.6 Å². The number of nitro benzene ring substituents is 1. The van der Waals surface area contributed by atoms with Crippen molar-refractivity contribution in [1.29, 1.82) is 0 Å². The Labute approximate surface area is 119 Å². The van der Waals surface area contributed by atoms with Crippen LogP contribution in [0.25, 0.3) is 10.9 Å². The Balaban J connectivity index is 1.93. The number of aryl methyl sites for hydroxylation is 1. The molecule has 1 N–H and O–H groups in total. The highest BCUT2D eigenvalue weighted by atomic mass is 16.6. The molecule has 0 bridgehead atoms. The number of nitrogens with zero attached hydrogens (tertiary/aromatic N) is 5. The summed E-state index contributed by atoms with van der Waals surface area (Å²) >= 11 is 0. The first-order valence-corrected chi connectivity index (χ1v) is 6.24. The second-order valence-corrected chi connectivity index (χ2v) is 4.56. The van der Waals surface area contributed by atoms with E-state index in [-0.39, 0.29) is 5.69 Å². The van der Waals surface area contributed by atoms with Crippen LogP contribution in [0.1, 0.15) is 5.56 Å². The van der Waals surface area contributed by atoms with E-state index in [0.29, 0.717) is 23.3 Å². The molecule has 0 atom stereocenters. The van der Waals surface area contributed by atoms with Crippen molar-refractivity contribution in [2.45, 2.75) is 6.54 Å². The van der Waals surface area contributed by atoms with Gasteiger partial charge in [0.25, 0.3) is 5.69 Å². The Morgan fingerprint density at radius 3 is 2.95 bits per heavy atom. The van der Waals surface area contributed by atoms with Gasteiger partial charge in [-0.3, -0.25) is 14.8 Å². The van der Waals surface area contributed by atoms with E-state index >= 15 is 0 Å². The minimum absolute atomic E-state index is 0.0155. The fourth-order valence-electron chi connectivity index (χ4n) is 2.05. The number of nitro groups is 1. The molecule has 0 aliphatic heterocycles. The van der Waals surface area contributed by atoms with Crippen LogP contribution in [-0.4, -0.2) is 24.7 Å². The fourth-order valence-corrected chi connectivity index (χ4v) is 2.05. The lowest BCUT2D eigenvalue weighted by Gasteiger charge is -2.06. The molecule has 21 heavy (non-hydrogen) atoms. The zero-order chi connectivity index (χ0) is 14.8. The molecule has 1 aromatic carbocycles. The van der Waals surface area contributed by atoms with E-state index in [9.17, 15) is 10.1 Å². The third kappa shape index (κ3) is 2.64. The lowest BCUT2D eigenvalue weighted by Crippen LogP contribution is -2.02. The van der Waals surface area contributed by atoms with Crippen LogP contribution in [0.2, 0.25) is 0 Å². The number of rotatable bonds is 4. The molecule has 0 fully saturated rings. The van der Waals surface area contributed by atoms with Gasteiger partial charge >= 0.3 is 0 Å². The molecule has 0 aliphatic rings. The van der Waals surface area contributed by atoms with Gasteiger partial charge in [0, 0.05) is 42.9 Å². The van der Waals surface area contributed by atoms with Gasteiger partial charge in [-0.15, -0.1) is 0 Å². The second kappa shape index (κ2) is 5.16. The van der Waals surface area contributed by atoms with Crippen LogP contribution in [0.5, 0.6) is 0 Å². The molecule has 2 aromatic heterocycles. The number of hydrogen-bond donors (Lipinski definition) is 1. The molecule has 0 saturated heterocycles. The zero-order valence-electron chi connectivity index (χ0n) is 11.2. The van der Waals surface area contributed by atoms with Gasteiger partial charge in [0.05, 0.1) is 16.6 Å². The first kappa shape index (κ1) is 13.0. The van der Waals surface area contributed by atoms with Crippen molar-refractivity contribution in [3.63, 3.8) is 0 Å². The van der Waals surface area contributed by atoms with Crippen LogP contribution in [0.3, 0.4) is 0 Å². The summed E-state index contributed by atoms with van der Waals surface area (Å²) < 4.78 is 1.71. The van der Waals surface area contributed by atoms with Crippen molar-refractivity contribution in [3.8, 4) is 0 Å². The molecule has 8 heteroatoms. The number of anilines is 1. The Morgan fingerprint density at radius 1 is 1.38 bits per heavy atom. The average Bonchev–Trinajstić information content (AvgIpc) is 2.90. The molecule has 0 spiro atoms. The van der Waals surface area contributed by atoms with Crippen LogP contribution < -0.4 is 5.32 Å². The van der Waals surface area contributed by atoms with Crippen molar-refractivity contribution in [3.05, 3.63) is 52.6 Å². The van der Waals surface area contributed by atoms with E-state index in [4.69, 9.17) is 0 Å². The standard InChI is InChI=1S/C13H12N6O2/c1-18-7-9(6-17-18)5-14-13-11-4-10(19(20)21)2-3-12(11)15-8-16-13/h2-4,6-8H,5H2,1H3,(H,14,15,16). The molecule has 3 aromatic rings. The first-order chi connectivity index (χ1) is 10.1. The van der Waals surface area contributed by atoms with Gasteiger partial charge < -0.3 is 5.32 Å². The van der Waals surface area contributed by atoms with Crippen molar-refractivity contribution in [1.82, 2.24) is 19.7 Å². The molecule has 0 aliphatic carbocycles. The molecular weight excluding hydrogens is 272 g/mol. The maximum atomic E-state index is 10.9. The third-order valence-corrected chi connectivity index (χ3v) is 3.05. The zero-order valence-corrected chi connectivity index (χ0v) is 11.2. The van der Waals surface area contributed by atoms with Gasteiger partial charge in [-0.05, 0) is 6.07 Å². The van der Waals surface area contributed by atoms with Gasteiger partial charge in [0.15, 0.2) is 0 Å². The van der Waals surface area contributed by atoms with E-state index in [2.05, 4.69) is 20.4 Å². The number of aromatic nitrogens is 4. The Morgan fingerprint density at radius 2 is 2.24 bits per heavy atom. The number of nitrogens with one attached hydrogen (secondary N) is 1. The van der Waals surface area contributed by atoms with Gasteiger partial charge in [0.2, 0.25) is 0 Å². The maximum Gasteiger partial charge on any atom is 0.270 e. The van der Waals surface area contributed by atoms with Gasteiger partial charge in [-0.1, -0.05) is 0 Å². The molecule has 2 heterocycles. The topological polar surface area (TPSA) is 98.8 Å². The first-order valence-electron chi connectivity index (χ1n) is 6.24. The summed E-state index contributed by atoms with van der Waals surface area (Å²) in [5.41, 5.74) is 1.67. The van der Waals surface area contributed by atoms with Crippen LogP contribution in [0.15, 0.2) is 36.9 Å². The highest BCUT2D eigenvalue weighted by Crippen LogP contribution is 2.24. The molecule has 0 radical (unpaired) electrons. The Kier molecular flexibility index (Phi) is 3.19. The fraction of sp³-hybridized carbons (Fsp3) is 0.154. The average molecular weight is 284 g/mol. The van der Waals surface area contributed by atoms with E-state index < -0.39 is 4.92 Å². The summed E-state index contributed by atoms with van der Waals surface area (Å²) in [5.74, 6) is 0.563. The van der Waals surface area contributed by atoms with Crippen LogP contribution in [0, 0.1) is 10.1 Å². The molecule has 0 amide bonds. The Hall–Kier alpha value is -3.03.